The molecule has 0 radical (unpaired) electrons. The minimum Gasteiger partial charge on any atom is -0.389 e. The lowest BCUT2D eigenvalue weighted by Gasteiger charge is -2.33. The molecule has 114 valence electrons. The first-order valence-electron chi connectivity index (χ1n) is 7.41. The van der Waals surface area contributed by atoms with Crippen LogP contribution < -0.4 is 5.32 Å². The van der Waals surface area contributed by atoms with E-state index in [0.717, 1.165) is 39.0 Å². The lowest BCUT2D eigenvalue weighted by molar-refractivity contribution is 0.0310. The van der Waals surface area contributed by atoms with Crippen LogP contribution in [0.15, 0.2) is 18.5 Å². The van der Waals surface area contributed by atoms with Gasteiger partial charge in [0.2, 0.25) is 0 Å². The second-order valence-electron chi connectivity index (χ2n) is 5.75. The molecule has 5 heteroatoms. The van der Waals surface area contributed by atoms with Gasteiger partial charge in [-0.05, 0) is 37.6 Å². The largest absolute Gasteiger partial charge is 0.389 e. The Kier molecular flexibility index (Phi) is 6.04. The van der Waals surface area contributed by atoms with Crippen LogP contribution in [0, 0.1) is 0 Å². The molecule has 5 nitrogen and oxygen atoms in total. The predicted molar refractivity (Wildman–Crippen MR) is 79.6 cm³/mol. The molecule has 1 aromatic heterocycles. The first kappa shape index (κ1) is 15.5. The molecule has 0 aromatic carbocycles. The number of nitrogens with zero attached hydrogens (tertiary/aromatic N) is 2. The van der Waals surface area contributed by atoms with Crippen molar-refractivity contribution in [3.05, 3.63) is 24.0 Å². The van der Waals surface area contributed by atoms with Gasteiger partial charge >= 0.3 is 0 Å². The monoisotopic (exact) mass is 281 g/mol. The van der Waals surface area contributed by atoms with Gasteiger partial charge in [0.25, 0.3) is 0 Å². The van der Waals surface area contributed by atoms with Crippen LogP contribution >= 0.6 is 0 Å². The number of hydrogen-bond acceptors (Lipinski definition) is 4. The van der Waals surface area contributed by atoms with E-state index in [9.17, 15) is 5.11 Å². The molecule has 1 unspecified atom stereocenters. The Hall–Kier alpha value is -0.880. The fraction of sp³-hybridized carbons (Fsp3) is 0.733. The predicted octanol–water partition coefficient (Wildman–Crippen LogP) is 0.586. The molecule has 1 atom stereocenters. The molecule has 0 saturated carbocycles. The average Bonchev–Trinajstić information content (AvgIpc) is 2.84. The van der Waals surface area contributed by atoms with Crippen LogP contribution in [0.25, 0.3) is 0 Å². The molecule has 2 N–H and O–H groups in total. The number of methoxy groups -OCH3 is 1. The van der Waals surface area contributed by atoms with Crippen molar-refractivity contribution in [2.45, 2.75) is 31.5 Å². The second-order valence-corrected chi connectivity index (χ2v) is 5.75. The Bertz CT molecular complexity index is 386. The van der Waals surface area contributed by atoms with Crippen molar-refractivity contribution in [3.8, 4) is 0 Å². The third kappa shape index (κ3) is 4.90. The SMILES string of the molecule is COCC(O)CN1CCC(NCc2ccn(C)c2)CC1. The third-order valence-corrected chi connectivity index (χ3v) is 3.90. The van der Waals surface area contributed by atoms with E-state index in [1.165, 1.54) is 5.56 Å². The van der Waals surface area contributed by atoms with E-state index in [4.69, 9.17) is 4.74 Å². The molecule has 1 saturated heterocycles. The summed E-state index contributed by atoms with van der Waals surface area (Å²) >= 11 is 0. The summed E-state index contributed by atoms with van der Waals surface area (Å²) in [6.07, 6.45) is 6.16. The minimum absolute atomic E-state index is 0.367. The first-order chi connectivity index (χ1) is 9.67. The molecule has 0 amide bonds. The average molecular weight is 281 g/mol. The molecular formula is C15H27N3O2. The highest BCUT2D eigenvalue weighted by Crippen LogP contribution is 2.12. The van der Waals surface area contributed by atoms with Gasteiger partial charge < -0.3 is 24.6 Å². The summed E-state index contributed by atoms with van der Waals surface area (Å²) in [5.41, 5.74) is 1.34. The van der Waals surface area contributed by atoms with Crippen molar-refractivity contribution < 1.29 is 9.84 Å². The summed E-state index contributed by atoms with van der Waals surface area (Å²) < 4.78 is 7.04. The summed E-state index contributed by atoms with van der Waals surface area (Å²) in [6, 6.07) is 2.74. The lowest BCUT2D eigenvalue weighted by atomic mass is 10.0. The molecule has 0 aliphatic carbocycles. The molecule has 0 spiro atoms. The van der Waals surface area contributed by atoms with Crippen LogP contribution in [-0.4, -0.2) is 60.1 Å². The molecule has 1 aliphatic heterocycles. The maximum absolute atomic E-state index is 9.74. The van der Waals surface area contributed by atoms with Crippen LogP contribution in [-0.2, 0) is 18.3 Å². The van der Waals surface area contributed by atoms with Crippen LogP contribution in [0.5, 0.6) is 0 Å². The van der Waals surface area contributed by atoms with Gasteiger partial charge in [-0.25, -0.2) is 0 Å². The normalized spacial score (nSPS) is 19.4. The standard InChI is InChI=1S/C15H27N3O2/c1-17-6-3-13(10-17)9-16-14-4-7-18(8-5-14)11-15(19)12-20-2/h3,6,10,14-16,19H,4-5,7-9,11-12H2,1-2H3. The number of rotatable bonds is 7. The summed E-state index contributed by atoms with van der Waals surface area (Å²) in [6.45, 7) is 4.18. The maximum atomic E-state index is 9.74. The first-order valence-corrected chi connectivity index (χ1v) is 7.41. The van der Waals surface area contributed by atoms with E-state index in [-0.39, 0.29) is 6.10 Å². The number of aliphatic hydroxyl groups excluding tert-OH is 1. The van der Waals surface area contributed by atoms with E-state index < -0.39 is 0 Å². The van der Waals surface area contributed by atoms with Crippen LogP contribution in [0.4, 0.5) is 0 Å². The van der Waals surface area contributed by atoms with Crippen molar-refractivity contribution in [2.24, 2.45) is 7.05 Å². The number of aliphatic hydroxyl groups is 1. The van der Waals surface area contributed by atoms with Crippen molar-refractivity contribution >= 4 is 0 Å². The Balaban J connectivity index is 1.64. The smallest absolute Gasteiger partial charge is 0.0900 e. The number of nitrogens with one attached hydrogen (secondary N) is 1. The third-order valence-electron chi connectivity index (χ3n) is 3.90. The van der Waals surface area contributed by atoms with Gasteiger partial charge in [0, 0.05) is 45.7 Å². The van der Waals surface area contributed by atoms with Crippen molar-refractivity contribution in [2.75, 3.05) is 33.4 Å². The minimum atomic E-state index is -0.367. The van der Waals surface area contributed by atoms with Crippen molar-refractivity contribution in [1.29, 1.82) is 0 Å². The number of piperidine rings is 1. The van der Waals surface area contributed by atoms with E-state index in [1.54, 1.807) is 7.11 Å². The molecule has 1 aliphatic rings. The number of aryl methyl sites for hydroxylation is 1. The summed E-state index contributed by atoms with van der Waals surface area (Å²) in [7, 11) is 3.68. The molecule has 1 aromatic rings. The van der Waals surface area contributed by atoms with Gasteiger partial charge in [-0.3, -0.25) is 0 Å². The second kappa shape index (κ2) is 7.78. The fourth-order valence-corrected chi connectivity index (χ4v) is 2.79. The maximum Gasteiger partial charge on any atom is 0.0900 e. The number of likely N-dealkylation sites (tertiary alicyclic amines) is 1. The van der Waals surface area contributed by atoms with E-state index >= 15 is 0 Å². The zero-order valence-corrected chi connectivity index (χ0v) is 12.6. The Labute approximate surface area is 121 Å². The zero-order valence-electron chi connectivity index (χ0n) is 12.6. The molecular weight excluding hydrogens is 254 g/mol. The highest BCUT2D eigenvalue weighted by molar-refractivity contribution is 5.09. The summed E-state index contributed by atoms with van der Waals surface area (Å²) in [4.78, 5) is 2.32. The van der Waals surface area contributed by atoms with Crippen molar-refractivity contribution in [3.63, 3.8) is 0 Å². The van der Waals surface area contributed by atoms with Crippen LogP contribution in [0.2, 0.25) is 0 Å². The van der Waals surface area contributed by atoms with E-state index in [2.05, 4.69) is 33.2 Å². The van der Waals surface area contributed by atoms with Crippen LogP contribution in [0.1, 0.15) is 18.4 Å². The Morgan fingerprint density at radius 3 is 2.80 bits per heavy atom. The lowest BCUT2D eigenvalue weighted by Crippen LogP contribution is -2.45. The molecule has 2 rings (SSSR count). The molecule has 20 heavy (non-hydrogen) atoms. The van der Waals surface area contributed by atoms with Crippen LogP contribution in [0.3, 0.4) is 0 Å². The van der Waals surface area contributed by atoms with E-state index in [0.29, 0.717) is 12.6 Å². The number of hydrogen-bond donors (Lipinski definition) is 2. The van der Waals surface area contributed by atoms with Gasteiger partial charge in [0.1, 0.15) is 0 Å². The van der Waals surface area contributed by atoms with Gasteiger partial charge in [0.05, 0.1) is 12.7 Å². The van der Waals surface area contributed by atoms with Gasteiger partial charge in [-0.1, -0.05) is 0 Å². The number of β-amino-alcohol motifs (C(OH)–C–C–N with tert-alkyl or cyclic N) is 1. The van der Waals surface area contributed by atoms with E-state index in [1.807, 2.05) is 7.05 Å². The fourth-order valence-electron chi connectivity index (χ4n) is 2.79. The number of aromatic nitrogens is 1. The van der Waals surface area contributed by atoms with Gasteiger partial charge in [-0.2, -0.15) is 0 Å². The Morgan fingerprint density at radius 2 is 2.20 bits per heavy atom. The van der Waals surface area contributed by atoms with Gasteiger partial charge in [-0.15, -0.1) is 0 Å². The highest BCUT2D eigenvalue weighted by atomic mass is 16.5. The zero-order chi connectivity index (χ0) is 14.4. The van der Waals surface area contributed by atoms with Gasteiger partial charge in [0.15, 0.2) is 0 Å². The highest BCUT2D eigenvalue weighted by Gasteiger charge is 2.20. The quantitative estimate of drug-likeness (QED) is 0.768. The molecule has 2 heterocycles. The number of ether oxygens (including phenoxy) is 1. The van der Waals surface area contributed by atoms with Crippen molar-refractivity contribution in [1.82, 2.24) is 14.8 Å². The topological polar surface area (TPSA) is 49.7 Å². The molecule has 0 bridgehead atoms. The molecule has 1 fully saturated rings. The summed E-state index contributed by atoms with van der Waals surface area (Å²) in [5, 5.41) is 13.4. The Morgan fingerprint density at radius 1 is 1.45 bits per heavy atom. The summed E-state index contributed by atoms with van der Waals surface area (Å²) in [5.74, 6) is 0.